The largest absolute Gasteiger partial charge is 0.366 e. The van der Waals surface area contributed by atoms with Crippen LogP contribution in [0.15, 0.2) is 18.2 Å². The minimum absolute atomic E-state index is 0.0110. The van der Waals surface area contributed by atoms with E-state index in [0.29, 0.717) is 29.8 Å². The number of carbonyl (C=O) groups excluding carboxylic acids is 1. The predicted octanol–water partition coefficient (Wildman–Crippen LogP) is 3.42. The summed E-state index contributed by atoms with van der Waals surface area (Å²) in [6, 6.07) is 5.67. The van der Waals surface area contributed by atoms with Crippen molar-refractivity contribution in [2.45, 2.75) is 56.4 Å². The van der Waals surface area contributed by atoms with Crippen LogP contribution in [0, 0.1) is 0 Å². The van der Waals surface area contributed by atoms with E-state index < -0.39 is 11.8 Å². The summed E-state index contributed by atoms with van der Waals surface area (Å²) in [5.74, 6) is -1.76. The van der Waals surface area contributed by atoms with Gasteiger partial charge in [0.25, 0.3) is 5.91 Å². The van der Waals surface area contributed by atoms with Gasteiger partial charge in [-0.25, -0.2) is 13.8 Å². The van der Waals surface area contributed by atoms with Crippen LogP contribution in [0.3, 0.4) is 0 Å². The van der Waals surface area contributed by atoms with E-state index in [1.807, 2.05) is 6.07 Å². The van der Waals surface area contributed by atoms with Gasteiger partial charge in [0.2, 0.25) is 5.92 Å². The third kappa shape index (κ3) is 3.32. The standard InChI is InChI=1S/C19H24F2N4O/c20-19(21)8-4-13(5-9-19)25-10-6-12(7-11-25)18-23-15-3-1-2-14(17(22)26)16(15)24-18/h1-3,12-13H,4-11H2,(H2,22,26)(H,23,24). The summed E-state index contributed by atoms with van der Waals surface area (Å²) in [6.45, 7) is 1.81. The Kier molecular flexibility index (Phi) is 4.42. The van der Waals surface area contributed by atoms with Crippen LogP contribution in [-0.2, 0) is 0 Å². The third-order valence-electron chi connectivity index (χ3n) is 5.92. The number of piperidine rings is 1. The summed E-state index contributed by atoms with van der Waals surface area (Å²) >= 11 is 0. The average Bonchev–Trinajstić information content (AvgIpc) is 3.06. The van der Waals surface area contributed by atoms with Crippen molar-refractivity contribution in [3.8, 4) is 0 Å². The molecule has 5 nitrogen and oxygen atoms in total. The Labute approximate surface area is 151 Å². The molecule has 1 aromatic carbocycles. The van der Waals surface area contributed by atoms with Crippen LogP contribution in [0.5, 0.6) is 0 Å². The van der Waals surface area contributed by atoms with E-state index in [-0.39, 0.29) is 18.9 Å². The summed E-state index contributed by atoms with van der Waals surface area (Å²) in [4.78, 5) is 21.9. The molecule has 1 aliphatic carbocycles. The molecule has 1 saturated carbocycles. The summed E-state index contributed by atoms with van der Waals surface area (Å²) in [7, 11) is 0. The molecule has 0 spiro atoms. The van der Waals surface area contributed by atoms with E-state index in [4.69, 9.17) is 5.73 Å². The highest BCUT2D eigenvalue weighted by atomic mass is 19.3. The minimum atomic E-state index is -2.47. The third-order valence-corrected chi connectivity index (χ3v) is 5.92. The SMILES string of the molecule is NC(=O)c1cccc2[nH]c(C3CCN(C4CCC(F)(F)CC4)CC3)nc12. The first kappa shape index (κ1) is 17.4. The second-order valence-electron chi connectivity index (χ2n) is 7.59. The number of likely N-dealkylation sites (tertiary alicyclic amines) is 1. The number of nitrogens with two attached hydrogens (primary N) is 1. The van der Waals surface area contributed by atoms with Crippen LogP contribution in [0.1, 0.15) is 60.6 Å². The molecule has 0 unspecified atom stereocenters. The highest BCUT2D eigenvalue weighted by Gasteiger charge is 2.38. The van der Waals surface area contributed by atoms with Gasteiger partial charge in [-0.15, -0.1) is 0 Å². The molecule has 2 fully saturated rings. The maximum atomic E-state index is 13.4. The number of aromatic nitrogens is 2. The molecule has 7 heteroatoms. The minimum Gasteiger partial charge on any atom is -0.366 e. The first-order valence-corrected chi connectivity index (χ1v) is 9.33. The molecule has 0 bridgehead atoms. The number of hydrogen-bond acceptors (Lipinski definition) is 3. The smallest absolute Gasteiger partial charge is 0.250 e. The molecule has 2 heterocycles. The van der Waals surface area contributed by atoms with Crippen LogP contribution in [0.25, 0.3) is 11.0 Å². The number of para-hydroxylation sites is 1. The van der Waals surface area contributed by atoms with Gasteiger partial charge in [-0.05, 0) is 50.9 Å². The predicted molar refractivity (Wildman–Crippen MR) is 95.4 cm³/mol. The molecule has 1 saturated heterocycles. The topological polar surface area (TPSA) is 75.0 Å². The second kappa shape index (κ2) is 6.61. The molecule has 2 aromatic rings. The van der Waals surface area contributed by atoms with Gasteiger partial charge in [0.15, 0.2) is 0 Å². The molecule has 0 radical (unpaired) electrons. The molecule has 2 aliphatic rings. The number of alkyl halides is 2. The zero-order valence-electron chi connectivity index (χ0n) is 14.7. The van der Waals surface area contributed by atoms with Crippen LogP contribution in [-0.4, -0.2) is 45.8 Å². The Morgan fingerprint density at radius 1 is 1.19 bits per heavy atom. The maximum Gasteiger partial charge on any atom is 0.250 e. The zero-order valence-corrected chi connectivity index (χ0v) is 14.7. The monoisotopic (exact) mass is 362 g/mol. The van der Waals surface area contributed by atoms with Crippen molar-refractivity contribution in [2.24, 2.45) is 5.73 Å². The van der Waals surface area contributed by atoms with Gasteiger partial charge in [-0.1, -0.05) is 6.07 Å². The number of hydrogen-bond donors (Lipinski definition) is 2. The van der Waals surface area contributed by atoms with Gasteiger partial charge in [0, 0.05) is 24.8 Å². The first-order chi connectivity index (χ1) is 12.4. The van der Waals surface area contributed by atoms with Gasteiger partial charge in [0.1, 0.15) is 11.3 Å². The van der Waals surface area contributed by atoms with Crippen molar-refractivity contribution < 1.29 is 13.6 Å². The van der Waals surface area contributed by atoms with Crippen LogP contribution >= 0.6 is 0 Å². The fourth-order valence-corrected chi connectivity index (χ4v) is 4.37. The Balaban J connectivity index is 1.43. The van der Waals surface area contributed by atoms with Gasteiger partial charge >= 0.3 is 0 Å². The number of aromatic amines is 1. The van der Waals surface area contributed by atoms with Crippen LogP contribution in [0.2, 0.25) is 0 Å². The van der Waals surface area contributed by atoms with Gasteiger partial charge < -0.3 is 15.6 Å². The van der Waals surface area contributed by atoms with Crippen molar-refractivity contribution in [2.75, 3.05) is 13.1 Å². The molecule has 3 N–H and O–H groups in total. The lowest BCUT2D eigenvalue weighted by molar-refractivity contribution is -0.0559. The van der Waals surface area contributed by atoms with E-state index in [2.05, 4.69) is 14.9 Å². The highest BCUT2D eigenvalue weighted by molar-refractivity contribution is 6.04. The summed E-state index contributed by atoms with van der Waals surface area (Å²) < 4.78 is 26.7. The Morgan fingerprint density at radius 2 is 1.88 bits per heavy atom. The molecular weight excluding hydrogens is 338 g/mol. The number of primary amides is 1. The van der Waals surface area contributed by atoms with Crippen molar-refractivity contribution >= 4 is 16.9 Å². The van der Waals surface area contributed by atoms with Gasteiger partial charge in [0.05, 0.1) is 11.1 Å². The molecule has 140 valence electrons. The molecular formula is C19H24F2N4O. The normalized spacial score (nSPS) is 22.7. The number of nitrogens with one attached hydrogen (secondary N) is 1. The van der Waals surface area contributed by atoms with Crippen molar-refractivity contribution in [3.63, 3.8) is 0 Å². The average molecular weight is 362 g/mol. The fourth-order valence-electron chi connectivity index (χ4n) is 4.37. The molecule has 26 heavy (non-hydrogen) atoms. The van der Waals surface area contributed by atoms with E-state index in [0.717, 1.165) is 37.3 Å². The van der Waals surface area contributed by atoms with Gasteiger partial charge in [-0.2, -0.15) is 0 Å². The zero-order chi connectivity index (χ0) is 18.3. The Morgan fingerprint density at radius 3 is 2.54 bits per heavy atom. The number of fused-ring (bicyclic) bond motifs is 1. The van der Waals surface area contributed by atoms with Crippen molar-refractivity contribution in [1.29, 1.82) is 0 Å². The Hall–Kier alpha value is -2.02. The lowest BCUT2D eigenvalue weighted by Crippen LogP contribution is -2.44. The number of amides is 1. The fraction of sp³-hybridized carbons (Fsp3) is 0.579. The van der Waals surface area contributed by atoms with E-state index in [1.165, 1.54) is 0 Å². The van der Waals surface area contributed by atoms with E-state index >= 15 is 0 Å². The number of H-pyrrole nitrogens is 1. The lowest BCUT2D eigenvalue weighted by atomic mass is 9.88. The molecule has 4 rings (SSSR count). The number of carbonyl (C=O) groups is 1. The molecule has 1 aliphatic heterocycles. The number of benzene rings is 1. The van der Waals surface area contributed by atoms with Crippen molar-refractivity contribution in [1.82, 2.24) is 14.9 Å². The van der Waals surface area contributed by atoms with E-state index in [9.17, 15) is 13.6 Å². The van der Waals surface area contributed by atoms with E-state index in [1.54, 1.807) is 12.1 Å². The van der Waals surface area contributed by atoms with Gasteiger partial charge in [-0.3, -0.25) is 4.79 Å². The van der Waals surface area contributed by atoms with Crippen LogP contribution in [0.4, 0.5) is 8.78 Å². The molecule has 1 aromatic heterocycles. The summed E-state index contributed by atoms with van der Waals surface area (Å²) in [5, 5.41) is 0. The highest BCUT2D eigenvalue weighted by Crippen LogP contribution is 2.37. The van der Waals surface area contributed by atoms with Crippen LogP contribution < -0.4 is 5.73 Å². The first-order valence-electron chi connectivity index (χ1n) is 9.33. The quantitative estimate of drug-likeness (QED) is 0.878. The second-order valence-corrected chi connectivity index (χ2v) is 7.59. The summed E-state index contributed by atoms with van der Waals surface area (Å²) in [6.07, 6.45) is 3.08. The number of rotatable bonds is 3. The Bertz CT molecular complexity index is 801. The van der Waals surface area contributed by atoms with Crippen molar-refractivity contribution in [3.05, 3.63) is 29.6 Å². The maximum absolute atomic E-state index is 13.4. The summed E-state index contributed by atoms with van der Waals surface area (Å²) in [5.41, 5.74) is 7.33. The number of imidazole rings is 1. The lowest BCUT2D eigenvalue weighted by Gasteiger charge is -2.40. The number of halogens is 2. The molecule has 1 amide bonds. The molecule has 0 atom stereocenters. The number of nitrogens with zero attached hydrogens (tertiary/aromatic N) is 2.